The largest absolute Gasteiger partial charge is 0.462 e. The van der Waals surface area contributed by atoms with Gasteiger partial charge in [0.15, 0.2) is 0 Å². The topological polar surface area (TPSA) is 92.1 Å². The van der Waals surface area contributed by atoms with Crippen LogP contribution in [0.2, 0.25) is 0 Å². The average Bonchev–Trinajstić information content (AvgIpc) is 2.76. The third kappa shape index (κ3) is 3.97. The summed E-state index contributed by atoms with van der Waals surface area (Å²) in [5.74, 6) is -0.198. The number of ether oxygens (including phenoxy) is 1. The van der Waals surface area contributed by atoms with Crippen molar-refractivity contribution in [2.75, 3.05) is 0 Å². The molecule has 0 aliphatic carbocycles. The van der Waals surface area contributed by atoms with Gasteiger partial charge in [-0.1, -0.05) is 32.8 Å². The summed E-state index contributed by atoms with van der Waals surface area (Å²) >= 11 is 0. The van der Waals surface area contributed by atoms with Gasteiger partial charge in [0, 0.05) is 10.8 Å². The monoisotopic (exact) mass is 281 g/mol. The molecule has 1 aliphatic rings. The molecule has 0 aromatic heterocycles. The zero-order valence-corrected chi connectivity index (χ0v) is 12.5. The van der Waals surface area contributed by atoms with E-state index in [0.717, 1.165) is 6.29 Å². The van der Waals surface area contributed by atoms with E-state index >= 15 is 0 Å². The second-order valence-electron chi connectivity index (χ2n) is 6.11. The highest BCUT2D eigenvalue weighted by molar-refractivity contribution is 5.75. The van der Waals surface area contributed by atoms with E-state index in [1.54, 1.807) is 0 Å². The van der Waals surface area contributed by atoms with Crippen LogP contribution in [0.1, 0.15) is 40.5 Å². The van der Waals surface area contributed by atoms with Crippen LogP contribution in [0.25, 0.3) is 10.4 Å². The number of carbonyl (C=O) groups is 2. The number of hydrogen-bond acceptors (Lipinski definition) is 4. The Kier molecular flexibility index (Phi) is 6.02. The van der Waals surface area contributed by atoms with Gasteiger partial charge < -0.3 is 9.53 Å². The third-order valence-electron chi connectivity index (χ3n) is 4.04. The molecule has 4 atom stereocenters. The summed E-state index contributed by atoms with van der Waals surface area (Å²) in [7, 11) is 0. The Labute approximate surface area is 119 Å². The van der Waals surface area contributed by atoms with Gasteiger partial charge in [0.25, 0.3) is 0 Å². The molecule has 0 spiro atoms. The smallest absolute Gasteiger partial charge is 0.309 e. The summed E-state index contributed by atoms with van der Waals surface area (Å²) in [4.78, 5) is 25.7. The molecule has 1 fully saturated rings. The van der Waals surface area contributed by atoms with Gasteiger partial charge >= 0.3 is 5.97 Å². The molecule has 0 radical (unpaired) electrons. The Balaban J connectivity index is 2.80. The van der Waals surface area contributed by atoms with Gasteiger partial charge in [-0.15, -0.1) is 0 Å². The molecule has 0 amide bonds. The molecule has 20 heavy (non-hydrogen) atoms. The molecule has 6 nitrogen and oxygen atoms in total. The van der Waals surface area contributed by atoms with Gasteiger partial charge in [-0.2, -0.15) is 0 Å². The van der Waals surface area contributed by atoms with E-state index in [0.29, 0.717) is 12.8 Å². The fourth-order valence-corrected chi connectivity index (χ4v) is 2.51. The van der Waals surface area contributed by atoms with E-state index in [4.69, 9.17) is 10.3 Å². The lowest BCUT2D eigenvalue weighted by molar-refractivity contribution is -0.145. The van der Waals surface area contributed by atoms with E-state index in [1.807, 2.05) is 27.7 Å². The predicted molar refractivity (Wildman–Crippen MR) is 74.8 cm³/mol. The van der Waals surface area contributed by atoms with Crippen molar-refractivity contribution >= 4 is 12.3 Å². The number of hydrogen-bond donors (Lipinski definition) is 0. The van der Waals surface area contributed by atoms with Crippen LogP contribution in [0, 0.1) is 23.7 Å². The Morgan fingerprint density at radius 1 is 1.45 bits per heavy atom. The lowest BCUT2D eigenvalue weighted by atomic mass is 9.86. The van der Waals surface area contributed by atoms with Crippen LogP contribution in [-0.4, -0.2) is 24.4 Å². The second kappa shape index (κ2) is 7.29. The van der Waals surface area contributed by atoms with Crippen molar-refractivity contribution < 1.29 is 14.3 Å². The summed E-state index contributed by atoms with van der Waals surface area (Å²) in [6, 6.07) is -0.467. The van der Waals surface area contributed by atoms with Gasteiger partial charge in [0.05, 0.1) is 12.0 Å². The van der Waals surface area contributed by atoms with Gasteiger partial charge in [0.2, 0.25) is 0 Å². The van der Waals surface area contributed by atoms with E-state index < -0.39 is 12.1 Å². The molecule has 1 aliphatic heterocycles. The quantitative estimate of drug-likeness (QED) is 0.236. The Hall–Kier alpha value is -1.55. The van der Waals surface area contributed by atoms with Crippen molar-refractivity contribution in [1.29, 1.82) is 0 Å². The fourth-order valence-electron chi connectivity index (χ4n) is 2.51. The molecule has 1 heterocycles. The molecule has 1 rings (SSSR count). The van der Waals surface area contributed by atoms with Crippen LogP contribution in [0.3, 0.4) is 0 Å². The Morgan fingerprint density at radius 3 is 2.50 bits per heavy atom. The highest BCUT2D eigenvalue weighted by Crippen LogP contribution is 2.32. The van der Waals surface area contributed by atoms with E-state index in [1.165, 1.54) is 0 Å². The first-order valence-corrected chi connectivity index (χ1v) is 7.10. The minimum atomic E-state index is -0.467. The highest BCUT2D eigenvalue weighted by atomic mass is 16.6. The zero-order valence-electron chi connectivity index (χ0n) is 12.5. The number of esters is 1. The first kappa shape index (κ1) is 16.5. The second-order valence-corrected chi connectivity index (χ2v) is 6.11. The SMILES string of the molecule is CC(C)[C@@H]1C[C@@H]([C@H](C[C@H](C=O)C(C)C)N=[N+]=[N-])OC1=O. The summed E-state index contributed by atoms with van der Waals surface area (Å²) in [5, 5.41) is 3.75. The van der Waals surface area contributed by atoms with Crippen molar-refractivity contribution in [3.8, 4) is 0 Å². The maximum atomic E-state index is 11.8. The van der Waals surface area contributed by atoms with Crippen LogP contribution < -0.4 is 0 Å². The molecule has 6 heteroatoms. The van der Waals surface area contributed by atoms with Crippen LogP contribution in [0.5, 0.6) is 0 Å². The maximum absolute atomic E-state index is 11.8. The number of cyclic esters (lactones) is 1. The lowest BCUT2D eigenvalue weighted by Gasteiger charge is -2.22. The third-order valence-corrected chi connectivity index (χ3v) is 4.04. The first-order chi connectivity index (χ1) is 9.40. The standard InChI is InChI=1S/C14H23N3O3/c1-8(2)10(7-18)5-12(16-17-15)13-6-11(9(3)4)14(19)20-13/h7-13H,5-6H2,1-4H3/t10-,11+,12+,13+/m1/s1. The number of nitrogens with zero attached hydrogens (tertiary/aromatic N) is 3. The van der Waals surface area contributed by atoms with Crippen LogP contribution in [-0.2, 0) is 14.3 Å². The van der Waals surface area contributed by atoms with Crippen LogP contribution in [0.4, 0.5) is 0 Å². The van der Waals surface area contributed by atoms with Crippen LogP contribution >= 0.6 is 0 Å². The van der Waals surface area contributed by atoms with Crippen molar-refractivity contribution in [1.82, 2.24) is 0 Å². The minimum Gasteiger partial charge on any atom is -0.462 e. The molecule has 0 unspecified atom stereocenters. The van der Waals surface area contributed by atoms with Gasteiger partial charge in [0.1, 0.15) is 12.4 Å². The Bertz CT molecular complexity index is 402. The highest BCUT2D eigenvalue weighted by Gasteiger charge is 2.40. The zero-order chi connectivity index (χ0) is 15.3. The normalized spacial score (nSPS) is 25.2. The molecule has 0 saturated carbocycles. The van der Waals surface area contributed by atoms with Crippen molar-refractivity contribution in [3.05, 3.63) is 10.4 Å². The maximum Gasteiger partial charge on any atom is 0.309 e. The van der Waals surface area contributed by atoms with Crippen LogP contribution in [0.15, 0.2) is 5.11 Å². The minimum absolute atomic E-state index is 0.148. The van der Waals surface area contributed by atoms with E-state index in [2.05, 4.69) is 10.0 Å². The Morgan fingerprint density at radius 2 is 2.10 bits per heavy atom. The molecular formula is C14H23N3O3. The molecular weight excluding hydrogens is 258 g/mol. The number of azide groups is 1. The fraction of sp³-hybridized carbons (Fsp3) is 0.857. The summed E-state index contributed by atoms with van der Waals surface area (Å²) in [5.41, 5.74) is 8.69. The first-order valence-electron chi connectivity index (χ1n) is 7.10. The number of rotatable bonds is 7. The predicted octanol–water partition coefficient (Wildman–Crippen LogP) is 3.11. The average molecular weight is 281 g/mol. The molecule has 0 aromatic rings. The molecule has 0 aromatic carbocycles. The summed E-state index contributed by atoms with van der Waals surface area (Å²) < 4.78 is 5.36. The molecule has 1 saturated heterocycles. The van der Waals surface area contributed by atoms with Crippen molar-refractivity contribution in [2.45, 2.75) is 52.7 Å². The number of aldehydes is 1. The molecule has 0 bridgehead atoms. The number of carbonyl (C=O) groups excluding carboxylic acids is 2. The van der Waals surface area contributed by atoms with Gasteiger partial charge in [-0.3, -0.25) is 4.79 Å². The van der Waals surface area contributed by atoms with E-state index in [9.17, 15) is 9.59 Å². The van der Waals surface area contributed by atoms with Gasteiger partial charge in [-0.05, 0) is 30.2 Å². The molecule has 0 N–H and O–H groups in total. The summed E-state index contributed by atoms with van der Waals surface area (Å²) in [6.07, 6.45) is 1.46. The summed E-state index contributed by atoms with van der Waals surface area (Å²) in [6.45, 7) is 7.84. The van der Waals surface area contributed by atoms with Crippen molar-refractivity contribution in [3.63, 3.8) is 0 Å². The van der Waals surface area contributed by atoms with Crippen molar-refractivity contribution in [2.24, 2.45) is 28.8 Å². The van der Waals surface area contributed by atoms with E-state index in [-0.39, 0.29) is 29.6 Å². The van der Waals surface area contributed by atoms with Gasteiger partial charge in [-0.25, -0.2) is 0 Å². The molecule has 112 valence electrons. The lowest BCUT2D eigenvalue weighted by Crippen LogP contribution is -2.28.